The van der Waals surface area contributed by atoms with Crippen molar-refractivity contribution in [3.63, 3.8) is 0 Å². The Bertz CT molecular complexity index is 582. The molecule has 1 aliphatic carbocycles. The Labute approximate surface area is 124 Å². The van der Waals surface area contributed by atoms with Crippen LogP contribution in [0.3, 0.4) is 0 Å². The van der Waals surface area contributed by atoms with Crippen molar-refractivity contribution in [3.05, 3.63) is 24.0 Å². The number of amides is 1. The van der Waals surface area contributed by atoms with Gasteiger partial charge in [0.2, 0.25) is 15.9 Å². The molecule has 1 aliphatic rings. The molecule has 0 spiro atoms. The number of pyridine rings is 1. The van der Waals surface area contributed by atoms with Crippen molar-refractivity contribution in [3.8, 4) is 0 Å². The van der Waals surface area contributed by atoms with Gasteiger partial charge in [-0.15, -0.1) is 0 Å². The minimum Gasteiger partial charge on any atom is -0.353 e. The van der Waals surface area contributed by atoms with Crippen LogP contribution in [0.2, 0.25) is 0 Å². The summed E-state index contributed by atoms with van der Waals surface area (Å²) >= 11 is 0. The summed E-state index contributed by atoms with van der Waals surface area (Å²) in [6, 6.07) is 3.39. The molecule has 1 fully saturated rings. The molecule has 0 radical (unpaired) electrons. The number of nitrogens with one attached hydrogen (secondary N) is 2. The van der Waals surface area contributed by atoms with E-state index in [1.165, 1.54) is 12.3 Å². The summed E-state index contributed by atoms with van der Waals surface area (Å²) in [5.41, 5.74) is 6.04. The predicted molar refractivity (Wildman–Crippen MR) is 77.7 cm³/mol. The van der Waals surface area contributed by atoms with Gasteiger partial charge in [0.05, 0.1) is 5.69 Å². The van der Waals surface area contributed by atoms with E-state index in [9.17, 15) is 13.2 Å². The molecule has 1 amide bonds. The van der Waals surface area contributed by atoms with Gasteiger partial charge in [0.25, 0.3) is 0 Å². The number of carbonyl (C=O) groups excluding carboxylic acids is 1. The molecule has 0 aliphatic heterocycles. The molecule has 0 atom stereocenters. The first-order valence-corrected chi connectivity index (χ1v) is 8.43. The van der Waals surface area contributed by atoms with E-state index in [1.807, 2.05) is 0 Å². The molecule has 1 heterocycles. The fourth-order valence-corrected chi connectivity index (χ4v) is 2.78. The fourth-order valence-electron chi connectivity index (χ4n) is 1.76. The molecule has 0 aromatic carbocycles. The Kier molecular flexibility index (Phi) is 5.27. The molecular formula is C13H20N4O3S. The SMILES string of the molecule is NCc1ccc(S(=O)(=O)NCCCC(=O)NC2CC2)cn1. The van der Waals surface area contributed by atoms with E-state index in [4.69, 9.17) is 5.73 Å². The lowest BCUT2D eigenvalue weighted by Gasteiger charge is -2.07. The van der Waals surface area contributed by atoms with Crippen LogP contribution in [-0.4, -0.2) is 31.9 Å². The molecule has 116 valence electrons. The Hall–Kier alpha value is -1.51. The largest absolute Gasteiger partial charge is 0.353 e. The van der Waals surface area contributed by atoms with Crippen molar-refractivity contribution in [1.29, 1.82) is 0 Å². The number of sulfonamides is 1. The van der Waals surface area contributed by atoms with Crippen LogP contribution in [-0.2, 0) is 21.4 Å². The molecule has 0 saturated heterocycles. The van der Waals surface area contributed by atoms with Crippen molar-refractivity contribution >= 4 is 15.9 Å². The highest BCUT2D eigenvalue weighted by atomic mass is 32.2. The first-order valence-electron chi connectivity index (χ1n) is 6.95. The van der Waals surface area contributed by atoms with Gasteiger partial charge in [-0.25, -0.2) is 13.1 Å². The number of hydrogen-bond acceptors (Lipinski definition) is 5. The summed E-state index contributed by atoms with van der Waals surface area (Å²) in [6.45, 7) is 0.489. The standard InChI is InChI=1S/C13H20N4O3S/c14-8-11-5-6-12(9-15-11)21(19,20)16-7-1-2-13(18)17-10-3-4-10/h5-6,9-10,16H,1-4,7-8,14H2,(H,17,18). The van der Waals surface area contributed by atoms with Crippen LogP contribution < -0.4 is 15.8 Å². The van der Waals surface area contributed by atoms with Crippen LogP contribution in [0.25, 0.3) is 0 Å². The van der Waals surface area contributed by atoms with Crippen LogP contribution >= 0.6 is 0 Å². The number of hydrogen-bond donors (Lipinski definition) is 3. The van der Waals surface area contributed by atoms with E-state index in [-0.39, 0.29) is 23.9 Å². The molecule has 8 heteroatoms. The first kappa shape index (κ1) is 15.9. The molecule has 4 N–H and O–H groups in total. The first-order chi connectivity index (χ1) is 10.0. The molecule has 21 heavy (non-hydrogen) atoms. The minimum absolute atomic E-state index is 0.0225. The molecule has 2 rings (SSSR count). The second kappa shape index (κ2) is 6.97. The summed E-state index contributed by atoms with van der Waals surface area (Å²) in [5, 5.41) is 2.86. The van der Waals surface area contributed by atoms with E-state index in [2.05, 4.69) is 15.0 Å². The highest BCUT2D eigenvalue weighted by Gasteiger charge is 2.22. The van der Waals surface area contributed by atoms with Gasteiger partial charge in [0.15, 0.2) is 0 Å². The van der Waals surface area contributed by atoms with Gasteiger partial charge in [-0.3, -0.25) is 9.78 Å². The van der Waals surface area contributed by atoms with E-state index in [1.54, 1.807) is 6.07 Å². The second-order valence-electron chi connectivity index (χ2n) is 5.03. The van der Waals surface area contributed by atoms with Gasteiger partial charge in [-0.05, 0) is 31.4 Å². The molecule has 1 aromatic heterocycles. The molecule has 1 saturated carbocycles. The zero-order chi connectivity index (χ0) is 15.3. The lowest BCUT2D eigenvalue weighted by atomic mass is 10.3. The Balaban J connectivity index is 1.76. The number of rotatable bonds is 8. The molecule has 0 bridgehead atoms. The minimum atomic E-state index is -3.58. The zero-order valence-electron chi connectivity index (χ0n) is 11.7. The highest BCUT2D eigenvalue weighted by molar-refractivity contribution is 7.89. The van der Waals surface area contributed by atoms with Gasteiger partial charge in [0, 0.05) is 31.7 Å². The van der Waals surface area contributed by atoms with Gasteiger partial charge in [-0.1, -0.05) is 0 Å². The number of aromatic nitrogens is 1. The van der Waals surface area contributed by atoms with Gasteiger partial charge in [0.1, 0.15) is 4.90 Å². The summed E-state index contributed by atoms with van der Waals surface area (Å²) in [7, 11) is -3.58. The summed E-state index contributed by atoms with van der Waals surface area (Å²) in [5.74, 6) is -0.0225. The van der Waals surface area contributed by atoms with E-state index in [0.29, 0.717) is 24.6 Å². The predicted octanol–water partition coefficient (Wildman–Crippen LogP) is -0.123. The highest BCUT2D eigenvalue weighted by Crippen LogP contribution is 2.18. The monoisotopic (exact) mass is 312 g/mol. The normalized spacial score (nSPS) is 14.9. The summed E-state index contributed by atoms with van der Waals surface area (Å²) in [4.78, 5) is 15.5. The summed E-state index contributed by atoms with van der Waals surface area (Å²) < 4.78 is 26.4. The van der Waals surface area contributed by atoms with Gasteiger partial charge in [-0.2, -0.15) is 0 Å². The average Bonchev–Trinajstić information content (AvgIpc) is 3.27. The summed E-state index contributed by atoms with van der Waals surface area (Å²) in [6.07, 6.45) is 4.16. The Morgan fingerprint density at radius 1 is 1.38 bits per heavy atom. The molecule has 1 aromatic rings. The second-order valence-corrected chi connectivity index (χ2v) is 6.80. The van der Waals surface area contributed by atoms with Crippen LogP contribution in [0.1, 0.15) is 31.4 Å². The van der Waals surface area contributed by atoms with E-state index in [0.717, 1.165) is 12.8 Å². The van der Waals surface area contributed by atoms with Crippen molar-refractivity contribution < 1.29 is 13.2 Å². The lowest BCUT2D eigenvalue weighted by molar-refractivity contribution is -0.121. The van der Waals surface area contributed by atoms with Crippen molar-refractivity contribution in [2.24, 2.45) is 5.73 Å². The number of carbonyl (C=O) groups is 1. The van der Waals surface area contributed by atoms with Crippen molar-refractivity contribution in [2.45, 2.75) is 43.2 Å². The topological polar surface area (TPSA) is 114 Å². The maximum absolute atomic E-state index is 12.0. The smallest absolute Gasteiger partial charge is 0.242 e. The third-order valence-corrected chi connectivity index (χ3v) is 4.58. The van der Waals surface area contributed by atoms with Crippen LogP contribution in [0.4, 0.5) is 0 Å². The zero-order valence-corrected chi connectivity index (χ0v) is 12.5. The quantitative estimate of drug-likeness (QED) is 0.579. The fraction of sp³-hybridized carbons (Fsp3) is 0.538. The Morgan fingerprint density at radius 3 is 2.71 bits per heavy atom. The van der Waals surface area contributed by atoms with Gasteiger partial charge < -0.3 is 11.1 Å². The molecular weight excluding hydrogens is 292 g/mol. The third kappa shape index (κ3) is 5.07. The molecule has 7 nitrogen and oxygen atoms in total. The van der Waals surface area contributed by atoms with E-state index >= 15 is 0 Å². The molecule has 0 unspecified atom stereocenters. The van der Waals surface area contributed by atoms with Crippen molar-refractivity contribution in [2.75, 3.05) is 6.54 Å². The van der Waals surface area contributed by atoms with Crippen LogP contribution in [0.5, 0.6) is 0 Å². The van der Waals surface area contributed by atoms with Gasteiger partial charge >= 0.3 is 0 Å². The third-order valence-electron chi connectivity index (χ3n) is 3.13. The maximum atomic E-state index is 12.0. The lowest BCUT2D eigenvalue weighted by Crippen LogP contribution is -2.28. The van der Waals surface area contributed by atoms with E-state index < -0.39 is 10.0 Å². The number of nitrogens with zero attached hydrogens (tertiary/aromatic N) is 1. The Morgan fingerprint density at radius 2 is 2.14 bits per heavy atom. The van der Waals surface area contributed by atoms with Crippen LogP contribution in [0, 0.1) is 0 Å². The average molecular weight is 312 g/mol. The maximum Gasteiger partial charge on any atom is 0.242 e. The van der Waals surface area contributed by atoms with Crippen LogP contribution in [0.15, 0.2) is 23.2 Å². The van der Waals surface area contributed by atoms with Crippen molar-refractivity contribution in [1.82, 2.24) is 15.0 Å². The number of nitrogens with two attached hydrogens (primary N) is 1.